The van der Waals surface area contributed by atoms with Crippen molar-refractivity contribution < 1.29 is 13.2 Å². The van der Waals surface area contributed by atoms with E-state index in [0.717, 1.165) is 10.7 Å². The highest BCUT2D eigenvalue weighted by Gasteiger charge is 2.37. The molecule has 8 nitrogen and oxygen atoms in total. The van der Waals surface area contributed by atoms with E-state index in [2.05, 4.69) is 15.6 Å². The Kier molecular flexibility index (Phi) is 5.76. The largest absolute Gasteiger partial charge is 0.356 e. The second-order valence-corrected chi connectivity index (χ2v) is 9.47. The summed E-state index contributed by atoms with van der Waals surface area (Å²) in [6, 6.07) is 3.14. The lowest BCUT2D eigenvalue weighted by Crippen LogP contribution is -2.49. The molecule has 0 radical (unpaired) electrons. The minimum atomic E-state index is -3.60. The summed E-state index contributed by atoms with van der Waals surface area (Å²) in [5.74, 6) is 0.636. The number of hydrogen-bond donors (Lipinski definition) is 2. The minimum absolute atomic E-state index is 0.0897. The molecule has 0 aliphatic carbocycles. The maximum atomic E-state index is 13.2. The van der Waals surface area contributed by atoms with Crippen molar-refractivity contribution in [1.82, 2.24) is 24.5 Å². The molecule has 0 aromatic carbocycles. The van der Waals surface area contributed by atoms with Crippen LogP contribution < -0.4 is 10.6 Å². The molecule has 1 unspecified atom stereocenters. The quantitative estimate of drug-likeness (QED) is 0.740. The van der Waals surface area contributed by atoms with Crippen LogP contribution in [0.1, 0.15) is 23.7 Å². The monoisotopic (exact) mass is 397 g/mol. The molecule has 2 aromatic rings. The standard InChI is InChI=1S/C16H23N5O3S2/c1-12(22)18-6-5-13-3-4-15(25-13)26(23,24)21-10-7-17-11-14(21)16-19-8-9-20(16)2/h3-4,8-9,14,17H,5-7,10-11H2,1-2H3,(H,18,22). The van der Waals surface area contributed by atoms with Crippen molar-refractivity contribution >= 4 is 27.3 Å². The molecule has 0 bridgehead atoms. The fraction of sp³-hybridized carbons (Fsp3) is 0.500. The number of sulfonamides is 1. The van der Waals surface area contributed by atoms with Crippen molar-refractivity contribution in [3.05, 3.63) is 35.2 Å². The van der Waals surface area contributed by atoms with E-state index in [0.29, 0.717) is 36.8 Å². The van der Waals surface area contributed by atoms with Gasteiger partial charge in [-0.05, 0) is 18.6 Å². The van der Waals surface area contributed by atoms with E-state index in [1.165, 1.54) is 22.6 Å². The minimum Gasteiger partial charge on any atom is -0.356 e. The Morgan fingerprint density at radius 1 is 1.46 bits per heavy atom. The van der Waals surface area contributed by atoms with Gasteiger partial charge < -0.3 is 15.2 Å². The zero-order chi connectivity index (χ0) is 18.7. The van der Waals surface area contributed by atoms with Crippen molar-refractivity contribution in [3.8, 4) is 0 Å². The number of imidazole rings is 1. The van der Waals surface area contributed by atoms with E-state index >= 15 is 0 Å². The van der Waals surface area contributed by atoms with Gasteiger partial charge in [-0.2, -0.15) is 4.31 Å². The zero-order valence-corrected chi connectivity index (χ0v) is 16.4. The molecule has 10 heteroatoms. The number of carbonyl (C=O) groups is 1. The van der Waals surface area contributed by atoms with Gasteiger partial charge in [-0.25, -0.2) is 13.4 Å². The van der Waals surface area contributed by atoms with Gasteiger partial charge in [0.15, 0.2) is 0 Å². The third-order valence-electron chi connectivity index (χ3n) is 4.30. The van der Waals surface area contributed by atoms with Gasteiger partial charge in [0.25, 0.3) is 10.0 Å². The first-order valence-corrected chi connectivity index (χ1v) is 10.7. The maximum absolute atomic E-state index is 13.2. The van der Waals surface area contributed by atoms with Gasteiger partial charge in [-0.15, -0.1) is 11.3 Å². The van der Waals surface area contributed by atoms with E-state index in [1.807, 2.05) is 23.9 Å². The fourth-order valence-electron chi connectivity index (χ4n) is 3.00. The summed E-state index contributed by atoms with van der Waals surface area (Å²) in [6.45, 7) is 3.51. The Balaban J connectivity index is 1.81. The molecule has 1 aliphatic heterocycles. The predicted octanol–water partition coefficient (Wildman–Crippen LogP) is 0.495. The number of amides is 1. The van der Waals surface area contributed by atoms with Gasteiger partial charge in [0.05, 0.1) is 6.04 Å². The molecular formula is C16H23N5O3S2. The number of aryl methyl sites for hydroxylation is 1. The predicted molar refractivity (Wildman–Crippen MR) is 99.4 cm³/mol. The first-order chi connectivity index (χ1) is 12.4. The first-order valence-electron chi connectivity index (χ1n) is 8.42. The number of carbonyl (C=O) groups excluding carboxylic acids is 1. The molecule has 1 fully saturated rings. The van der Waals surface area contributed by atoms with Crippen molar-refractivity contribution in [1.29, 1.82) is 0 Å². The van der Waals surface area contributed by atoms with Crippen LogP contribution in [0.2, 0.25) is 0 Å². The number of aromatic nitrogens is 2. The molecule has 142 valence electrons. The topological polar surface area (TPSA) is 96.3 Å². The van der Waals surface area contributed by atoms with Crippen LogP contribution in [0.15, 0.2) is 28.7 Å². The summed E-state index contributed by atoms with van der Waals surface area (Å²) in [5.41, 5.74) is 0. The van der Waals surface area contributed by atoms with Crippen LogP contribution in [0.4, 0.5) is 0 Å². The van der Waals surface area contributed by atoms with Crippen molar-refractivity contribution in [2.24, 2.45) is 7.05 Å². The van der Waals surface area contributed by atoms with E-state index in [-0.39, 0.29) is 11.9 Å². The highest BCUT2D eigenvalue weighted by atomic mass is 32.2. The van der Waals surface area contributed by atoms with Gasteiger partial charge >= 0.3 is 0 Å². The first kappa shape index (κ1) is 19.0. The molecule has 0 saturated carbocycles. The number of nitrogens with zero attached hydrogens (tertiary/aromatic N) is 3. The SMILES string of the molecule is CC(=O)NCCc1ccc(S(=O)(=O)N2CCNCC2c2nccn2C)s1. The Labute approximate surface area is 157 Å². The number of rotatable bonds is 6. The number of piperazine rings is 1. The van der Waals surface area contributed by atoms with Gasteiger partial charge in [-0.3, -0.25) is 4.79 Å². The summed E-state index contributed by atoms with van der Waals surface area (Å²) in [7, 11) is -1.74. The Hall–Kier alpha value is -1.75. The lowest BCUT2D eigenvalue weighted by Gasteiger charge is -2.34. The summed E-state index contributed by atoms with van der Waals surface area (Å²) in [5, 5.41) is 5.98. The number of hydrogen-bond acceptors (Lipinski definition) is 6. The lowest BCUT2D eigenvalue weighted by atomic mass is 10.2. The highest BCUT2D eigenvalue weighted by molar-refractivity contribution is 7.91. The van der Waals surface area contributed by atoms with Crippen molar-refractivity contribution in [3.63, 3.8) is 0 Å². The molecule has 2 N–H and O–H groups in total. The van der Waals surface area contributed by atoms with Crippen LogP contribution in [0, 0.1) is 0 Å². The van der Waals surface area contributed by atoms with Gasteiger partial charge in [0.2, 0.25) is 5.91 Å². The summed E-state index contributed by atoms with van der Waals surface area (Å²) < 4.78 is 30.1. The second kappa shape index (κ2) is 7.87. The molecule has 2 aromatic heterocycles. The molecule has 1 amide bonds. The van der Waals surface area contributed by atoms with Gasteiger partial charge in [-0.1, -0.05) is 0 Å². The van der Waals surface area contributed by atoms with Crippen LogP contribution in [0.3, 0.4) is 0 Å². The molecule has 1 aliphatic rings. The van der Waals surface area contributed by atoms with Gasteiger partial charge in [0, 0.05) is 57.4 Å². The average molecular weight is 398 g/mol. The Morgan fingerprint density at radius 2 is 2.27 bits per heavy atom. The summed E-state index contributed by atoms with van der Waals surface area (Å²) >= 11 is 1.26. The van der Waals surface area contributed by atoms with E-state index in [1.54, 1.807) is 12.3 Å². The van der Waals surface area contributed by atoms with Crippen molar-refractivity contribution in [2.45, 2.75) is 23.6 Å². The van der Waals surface area contributed by atoms with Crippen LogP contribution >= 0.6 is 11.3 Å². The Bertz CT molecular complexity index is 874. The number of thiophene rings is 1. The fourth-order valence-corrected chi connectivity index (χ4v) is 6.07. The molecule has 1 atom stereocenters. The molecule has 26 heavy (non-hydrogen) atoms. The third-order valence-corrected chi connectivity index (χ3v) is 7.82. The van der Waals surface area contributed by atoms with E-state index in [4.69, 9.17) is 0 Å². The maximum Gasteiger partial charge on any atom is 0.253 e. The molecular weight excluding hydrogens is 374 g/mol. The Morgan fingerprint density at radius 3 is 2.96 bits per heavy atom. The van der Waals surface area contributed by atoms with Crippen molar-refractivity contribution in [2.75, 3.05) is 26.2 Å². The summed E-state index contributed by atoms with van der Waals surface area (Å²) in [6.07, 6.45) is 4.12. The van der Waals surface area contributed by atoms with Crippen LogP contribution in [-0.4, -0.2) is 54.4 Å². The van der Waals surface area contributed by atoms with E-state index < -0.39 is 10.0 Å². The second-order valence-electron chi connectivity index (χ2n) is 6.19. The molecule has 0 spiro atoms. The number of nitrogens with one attached hydrogen (secondary N) is 2. The average Bonchev–Trinajstić information content (AvgIpc) is 3.24. The smallest absolute Gasteiger partial charge is 0.253 e. The van der Waals surface area contributed by atoms with Crippen LogP contribution in [-0.2, 0) is 28.3 Å². The van der Waals surface area contributed by atoms with Crippen LogP contribution in [0.5, 0.6) is 0 Å². The molecule has 1 saturated heterocycles. The summed E-state index contributed by atoms with van der Waals surface area (Å²) in [4.78, 5) is 16.2. The third kappa shape index (κ3) is 3.98. The normalized spacial score (nSPS) is 18.8. The zero-order valence-electron chi connectivity index (χ0n) is 14.8. The molecule has 3 rings (SSSR count). The van der Waals surface area contributed by atoms with Crippen LogP contribution in [0.25, 0.3) is 0 Å². The lowest BCUT2D eigenvalue weighted by molar-refractivity contribution is -0.118. The highest BCUT2D eigenvalue weighted by Crippen LogP contribution is 2.31. The molecule has 3 heterocycles. The van der Waals surface area contributed by atoms with E-state index in [9.17, 15) is 13.2 Å². The van der Waals surface area contributed by atoms with Gasteiger partial charge in [0.1, 0.15) is 10.0 Å².